The van der Waals surface area contributed by atoms with Crippen LogP contribution < -0.4 is 5.73 Å². The number of rotatable bonds is 4. The number of aliphatic hydroxyl groups is 1. The molecule has 2 heterocycles. The molecule has 106 valence electrons. The minimum absolute atomic E-state index is 0.0742. The highest BCUT2D eigenvalue weighted by Crippen LogP contribution is 2.24. The molecule has 3 unspecified atom stereocenters. The second kappa shape index (κ2) is 5.87. The second-order valence-electron chi connectivity index (χ2n) is 6.55. The lowest BCUT2D eigenvalue weighted by atomic mass is 9.95. The van der Waals surface area contributed by atoms with Crippen LogP contribution in [0.25, 0.3) is 0 Å². The maximum absolute atomic E-state index is 9.23. The fourth-order valence-electron chi connectivity index (χ4n) is 3.20. The highest BCUT2D eigenvalue weighted by Gasteiger charge is 2.33. The number of piperazine rings is 1. The summed E-state index contributed by atoms with van der Waals surface area (Å²) < 4.78 is 0. The zero-order valence-corrected chi connectivity index (χ0v) is 11.9. The van der Waals surface area contributed by atoms with E-state index in [-0.39, 0.29) is 6.61 Å². The van der Waals surface area contributed by atoms with E-state index in [4.69, 9.17) is 5.73 Å². The van der Waals surface area contributed by atoms with Crippen LogP contribution in [0.1, 0.15) is 39.5 Å². The summed E-state index contributed by atoms with van der Waals surface area (Å²) in [6, 6.07) is 1.38. The molecule has 2 saturated heterocycles. The van der Waals surface area contributed by atoms with Gasteiger partial charge in [-0.15, -0.1) is 0 Å². The summed E-state index contributed by atoms with van der Waals surface area (Å²) in [5.74, 6) is 0. The van der Waals surface area contributed by atoms with Crippen LogP contribution in [0.4, 0.5) is 0 Å². The van der Waals surface area contributed by atoms with Crippen molar-refractivity contribution in [1.82, 2.24) is 9.80 Å². The Morgan fingerprint density at radius 1 is 1.33 bits per heavy atom. The number of piperidine rings is 1. The van der Waals surface area contributed by atoms with Gasteiger partial charge in [0.05, 0.1) is 6.61 Å². The lowest BCUT2D eigenvalue weighted by Crippen LogP contribution is -2.59. The van der Waals surface area contributed by atoms with Crippen LogP contribution in [0, 0.1) is 0 Å². The summed E-state index contributed by atoms with van der Waals surface area (Å²) >= 11 is 0. The van der Waals surface area contributed by atoms with E-state index < -0.39 is 5.54 Å². The molecule has 3 atom stereocenters. The van der Waals surface area contributed by atoms with E-state index in [9.17, 15) is 5.11 Å². The van der Waals surface area contributed by atoms with Crippen LogP contribution in [0.2, 0.25) is 0 Å². The van der Waals surface area contributed by atoms with Crippen molar-refractivity contribution >= 4 is 0 Å². The van der Waals surface area contributed by atoms with Crippen LogP contribution in [0.5, 0.6) is 0 Å². The van der Waals surface area contributed by atoms with Gasteiger partial charge in [-0.25, -0.2) is 0 Å². The molecule has 0 radical (unpaired) electrons. The van der Waals surface area contributed by atoms with Crippen molar-refractivity contribution in [3.63, 3.8) is 0 Å². The predicted octanol–water partition coefficient (Wildman–Crippen LogP) is 0.645. The Labute approximate surface area is 111 Å². The van der Waals surface area contributed by atoms with Crippen molar-refractivity contribution in [3.8, 4) is 0 Å². The Morgan fingerprint density at radius 2 is 2.11 bits per heavy atom. The number of hydrogen-bond donors (Lipinski definition) is 2. The molecule has 18 heavy (non-hydrogen) atoms. The molecule has 4 heteroatoms. The van der Waals surface area contributed by atoms with E-state index >= 15 is 0 Å². The highest BCUT2D eigenvalue weighted by molar-refractivity contribution is 4.90. The molecule has 3 N–H and O–H groups in total. The first-order valence-electron chi connectivity index (χ1n) is 7.40. The first-order chi connectivity index (χ1) is 8.52. The van der Waals surface area contributed by atoms with Gasteiger partial charge in [-0.3, -0.25) is 9.80 Å². The molecule has 0 aliphatic carbocycles. The third-order valence-electron chi connectivity index (χ3n) is 4.65. The Morgan fingerprint density at radius 3 is 2.83 bits per heavy atom. The van der Waals surface area contributed by atoms with E-state index in [1.165, 1.54) is 38.9 Å². The Balaban J connectivity index is 1.85. The number of hydrogen-bond acceptors (Lipinski definition) is 4. The Bertz CT molecular complexity index is 270. The normalized spacial score (nSPS) is 34.0. The van der Waals surface area contributed by atoms with Crippen LogP contribution in [0.3, 0.4) is 0 Å². The summed E-state index contributed by atoms with van der Waals surface area (Å²) in [4.78, 5) is 5.23. The van der Waals surface area contributed by atoms with E-state index in [0.29, 0.717) is 6.04 Å². The molecule has 2 fully saturated rings. The smallest absolute Gasteiger partial charge is 0.0608 e. The van der Waals surface area contributed by atoms with Crippen LogP contribution in [-0.4, -0.2) is 65.3 Å². The molecule has 0 spiro atoms. The first kappa shape index (κ1) is 14.3. The fourth-order valence-corrected chi connectivity index (χ4v) is 3.20. The fraction of sp³-hybridized carbons (Fsp3) is 1.00. The van der Waals surface area contributed by atoms with Crippen molar-refractivity contribution < 1.29 is 5.11 Å². The molecule has 0 aromatic heterocycles. The summed E-state index contributed by atoms with van der Waals surface area (Å²) in [7, 11) is 0. The molecular formula is C14H29N3O. The quantitative estimate of drug-likeness (QED) is 0.774. The summed E-state index contributed by atoms with van der Waals surface area (Å²) in [6.07, 6.45) is 4.98. The molecule has 2 aliphatic heterocycles. The zero-order valence-electron chi connectivity index (χ0n) is 11.9. The average molecular weight is 255 g/mol. The molecule has 2 rings (SSSR count). The number of nitrogens with zero attached hydrogens (tertiary/aromatic N) is 2. The number of aliphatic hydroxyl groups excluding tert-OH is 1. The van der Waals surface area contributed by atoms with Crippen molar-refractivity contribution in [2.24, 2.45) is 5.73 Å². The van der Waals surface area contributed by atoms with Gasteiger partial charge in [0, 0.05) is 37.3 Å². The van der Waals surface area contributed by atoms with Crippen LogP contribution in [-0.2, 0) is 0 Å². The highest BCUT2D eigenvalue weighted by atomic mass is 16.3. The molecule has 0 bridgehead atoms. The van der Waals surface area contributed by atoms with Gasteiger partial charge in [0.15, 0.2) is 0 Å². The monoisotopic (exact) mass is 255 g/mol. The summed E-state index contributed by atoms with van der Waals surface area (Å²) in [5, 5.41) is 9.23. The molecule has 0 amide bonds. The topological polar surface area (TPSA) is 52.7 Å². The van der Waals surface area contributed by atoms with Crippen molar-refractivity contribution in [3.05, 3.63) is 0 Å². The van der Waals surface area contributed by atoms with Crippen molar-refractivity contribution in [1.29, 1.82) is 0 Å². The largest absolute Gasteiger partial charge is 0.394 e. The third kappa shape index (κ3) is 3.44. The van der Waals surface area contributed by atoms with Gasteiger partial charge in [-0.2, -0.15) is 0 Å². The lowest BCUT2D eigenvalue weighted by Gasteiger charge is -2.48. The SMILES string of the molecule is CC1CN2CCCCC2CN1CCC(C)(N)CO. The second-order valence-corrected chi connectivity index (χ2v) is 6.55. The van der Waals surface area contributed by atoms with Gasteiger partial charge >= 0.3 is 0 Å². The number of fused-ring (bicyclic) bond motifs is 1. The molecule has 0 saturated carbocycles. The predicted molar refractivity (Wildman–Crippen MR) is 74.5 cm³/mol. The molecular weight excluding hydrogens is 226 g/mol. The third-order valence-corrected chi connectivity index (χ3v) is 4.65. The first-order valence-corrected chi connectivity index (χ1v) is 7.40. The minimum Gasteiger partial charge on any atom is -0.394 e. The number of nitrogens with two attached hydrogens (primary N) is 1. The van der Waals surface area contributed by atoms with Crippen molar-refractivity contribution in [2.75, 3.05) is 32.8 Å². The van der Waals surface area contributed by atoms with E-state index in [1.54, 1.807) is 0 Å². The van der Waals surface area contributed by atoms with Gasteiger partial charge in [0.25, 0.3) is 0 Å². The maximum atomic E-state index is 9.23. The maximum Gasteiger partial charge on any atom is 0.0608 e. The van der Waals surface area contributed by atoms with Crippen LogP contribution >= 0.6 is 0 Å². The lowest BCUT2D eigenvalue weighted by molar-refractivity contribution is 0.0108. The van der Waals surface area contributed by atoms with E-state index in [0.717, 1.165) is 19.0 Å². The van der Waals surface area contributed by atoms with Crippen molar-refractivity contribution in [2.45, 2.75) is 57.2 Å². The summed E-state index contributed by atoms with van der Waals surface area (Å²) in [5.41, 5.74) is 5.60. The molecule has 0 aromatic rings. The van der Waals surface area contributed by atoms with E-state index in [2.05, 4.69) is 16.7 Å². The molecule has 4 nitrogen and oxygen atoms in total. The standard InChI is InChI=1S/C14H29N3O/c1-12-9-17-7-4-3-5-13(17)10-16(12)8-6-14(2,15)11-18/h12-13,18H,3-11,15H2,1-2H3. The Hall–Kier alpha value is -0.160. The summed E-state index contributed by atoms with van der Waals surface area (Å²) in [6.45, 7) is 9.01. The average Bonchev–Trinajstić information content (AvgIpc) is 2.36. The van der Waals surface area contributed by atoms with Gasteiger partial charge in [-0.1, -0.05) is 6.42 Å². The van der Waals surface area contributed by atoms with Gasteiger partial charge in [-0.05, 0) is 39.7 Å². The van der Waals surface area contributed by atoms with Crippen LogP contribution in [0.15, 0.2) is 0 Å². The Kier molecular flexibility index (Phi) is 4.64. The van der Waals surface area contributed by atoms with Gasteiger partial charge in [0.2, 0.25) is 0 Å². The van der Waals surface area contributed by atoms with Gasteiger partial charge in [0.1, 0.15) is 0 Å². The molecule has 2 aliphatic rings. The van der Waals surface area contributed by atoms with Gasteiger partial charge < -0.3 is 10.8 Å². The molecule has 0 aromatic carbocycles. The zero-order chi connectivity index (χ0) is 13.2. The minimum atomic E-state index is -0.427. The van der Waals surface area contributed by atoms with E-state index in [1.807, 2.05) is 6.92 Å².